The lowest BCUT2D eigenvalue weighted by Gasteiger charge is -2.36. The molecule has 2 aromatic rings. The van der Waals surface area contributed by atoms with E-state index in [1.54, 1.807) is 6.07 Å². The van der Waals surface area contributed by atoms with Crippen molar-refractivity contribution >= 4 is 5.91 Å². The number of hydrogen-bond acceptors (Lipinski definition) is 3. The first-order valence-electron chi connectivity index (χ1n) is 9.30. The highest BCUT2D eigenvalue weighted by Crippen LogP contribution is 2.15. The number of piperazine rings is 1. The second-order valence-corrected chi connectivity index (χ2v) is 7.15. The Kier molecular flexibility index (Phi) is 6.20. The van der Waals surface area contributed by atoms with Gasteiger partial charge in [0.25, 0.3) is 0 Å². The molecule has 1 amide bonds. The normalized spacial score (nSPS) is 16.0. The highest BCUT2D eigenvalue weighted by atomic mass is 19.1. The second-order valence-electron chi connectivity index (χ2n) is 7.15. The number of amides is 1. The summed E-state index contributed by atoms with van der Waals surface area (Å²) in [5.74, 6) is -0.280. The van der Waals surface area contributed by atoms with Gasteiger partial charge in [0, 0.05) is 38.6 Å². The third-order valence-corrected chi connectivity index (χ3v) is 5.03. The van der Waals surface area contributed by atoms with Crippen LogP contribution in [0.15, 0.2) is 48.5 Å². The Morgan fingerprint density at radius 2 is 1.81 bits per heavy atom. The van der Waals surface area contributed by atoms with Crippen LogP contribution in [-0.2, 0) is 17.8 Å². The first-order chi connectivity index (χ1) is 13.0. The third kappa shape index (κ3) is 5.15. The summed E-state index contributed by atoms with van der Waals surface area (Å²) in [7, 11) is 0. The second kappa shape index (κ2) is 8.79. The molecule has 0 bridgehead atoms. The van der Waals surface area contributed by atoms with Crippen molar-refractivity contribution in [3.63, 3.8) is 0 Å². The molecular weight excluding hydrogens is 341 g/mol. The molecule has 1 unspecified atom stereocenters. The maximum Gasteiger partial charge on any atom is 0.225 e. The van der Waals surface area contributed by atoms with Crippen LogP contribution in [0.2, 0.25) is 0 Å². The van der Waals surface area contributed by atoms with Gasteiger partial charge in [-0.25, -0.2) is 4.39 Å². The molecule has 1 fully saturated rings. The van der Waals surface area contributed by atoms with Crippen LogP contribution in [0.4, 0.5) is 4.39 Å². The standard InChI is InChI=1S/C22H24FN3O/c1-17(13-20-3-2-4-21(23)14-20)22(27)26-11-9-25(10-12-26)16-19-7-5-18(15-24)6-8-19/h2-8,14,17H,9-13,16H2,1H3. The van der Waals surface area contributed by atoms with Crippen LogP contribution in [0, 0.1) is 23.1 Å². The van der Waals surface area contributed by atoms with Crippen molar-refractivity contribution in [3.05, 3.63) is 71.0 Å². The fourth-order valence-corrected chi connectivity index (χ4v) is 3.49. The number of rotatable bonds is 5. The van der Waals surface area contributed by atoms with Gasteiger partial charge in [-0.3, -0.25) is 9.69 Å². The molecule has 2 aromatic carbocycles. The molecule has 0 aliphatic carbocycles. The maximum absolute atomic E-state index is 13.3. The van der Waals surface area contributed by atoms with Crippen LogP contribution in [0.25, 0.3) is 0 Å². The van der Waals surface area contributed by atoms with Crippen LogP contribution in [0.3, 0.4) is 0 Å². The zero-order chi connectivity index (χ0) is 19.2. The molecule has 27 heavy (non-hydrogen) atoms. The van der Waals surface area contributed by atoms with E-state index in [0.717, 1.165) is 25.2 Å². The van der Waals surface area contributed by atoms with Crippen molar-refractivity contribution in [1.29, 1.82) is 5.26 Å². The molecule has 0 spiro atoms. The largest absolute Gasteiger partial charge is 0.340 e. The molecule has 0 aromatic heterocycles. The quantitative estimate of drug-likeness (QED) is 0.817. The summed E-state index contributed by atoms with van der Waals surface area (Å²) in [5.41, 5.74) is 2.70. The van der Waals surface area contributed by atoms with Gasteiger partial charge in [0.05, 0.1) is 11.6 Å². The van der Waals surface area contributed by atoms with Gasteiger partial charge in [-0.05, 0) is 41.8 Å². The highest BCUT2D eigenvalue weighted by molar-refractivity contribution is 5.79. The summed E-state index contributed by atoms with van der Waals surface area (Å²) < 4.78 is 13.3. The first kappa shape index (κ1) is 19.1. The number of benzene rings is 2. The first-order valence-corrected chi connectivity index (χ1v) is 9.30. The lowest BCUT2D eigenvalue weighted by atomic mass is 9.99. The molecule has 5 heteroatoms. The topological polar surface area (TPSA) is 47.3 Å². The predicted molar refractivity (Wildman–Crippen MR) is 102 cm³/mol. The number of hydrogen-bond donors (Lipinski definition) is 0. The smallest absolute Gasteiger partial charge is 0.225 e. The summed E-state index contributed by atoms with van der Waals surface area (Å²) in [6.07, 6.45) is 0.558. The lowest BCUT2D eigenvalue weighted by molar-refractivity contribution is -0.136. The van der Waals surface area contributed by atoms with Crippen molar-refractivity contribution in [2.45, 2.75) is 19.9 Å². The summed E-state index contributed by atoms with van der Waals surface area (Å²) in [6, 6.07) is 16.2. The average Bonchev–Trinajstić information content (AvgIpc) is 2.68. The van der Waals surface area contributed by atoms with E-state index in [2.05, 4.69) is 11.0 Å². The van der Waals surface area contributed by atoms with Gasteiger partial charge < -0.3 is 4.90 Å². The van der Waals surface area contributed by atoms with Crippen LogP contribution < -0.4 is 0 Å². The summed E-state index contributed by atoms with van der Waals surface area (Å²) >= 11 is 0. The molecule has 1 aliphatic rings. The van der Waals surface area contributed by atoms with Crippen molar-refractivity contribution in [3.8, 4) is 6.07 Å². The lowest BCUT2D eigenvalue weighted by Crippen LogP contribution is -2.49. The van der Waals surface area contributed by atoms with Gasteiger partial charge in [-0.1, -0.05) is 31.2 Å². The monoisotopic (exact) mass is 365 g/mol. The van der Waals surface area contributed by atoms with Crippen molar-refractivity contribution < 1.29 is 9.18 Å². The zero-order valence-corrected chi connectivity index (χ0v) is 15.6. The molecular formula is C22H24FN3O. The third-order valence-electron chi connectivity index (χ3n) is 5.03. The maximum atomic E-state index is 13.3. The minimum Gasteiger partial charge on any atom is -0.340 e. The van der Waals surface area contributed by atoms with E-state index in [1.165, 1.54) is 17.7 Å². The molecule has 3 rings (SSSR count). The van der Waals surface area contributed by atoms with Crippen LogP contribution in [-0.4, -0.2) is 41.9 Å². The van der Waals surface area contributed by atoms with E-state index < -0.39 is 0 Å². The van der Waals surface area contributed by atoms with Gasteiger partial charge in [0.1, 0.15) is 5.82 Å². The Bertz CT molecular complexity index is 820. The van der Waals surface area contributed by atoms with Crippen LogP contribution in [0.1, 0.15) is 23.6 Å². The number of carbonyl (C=O) groups is 1. The zero-order valence-electron chi connectivity index (χ0n) is 15.6. The Morgan fingerprint density at radius 1 is 1.11 bits per heavy atom. The molecule has 0 N–H and O–H groups in total. The van der Waals surface area contributed by atoms with E-state index in [1.807, 2.05) is 42.2 Å². The highest BCUT2D eigenvalue weighted by Gasteiger charge is 2.25. The van der Waals surface area contributed by atoms with E-state index >= 15 is 0 Å². The molecule has 140 valence electrons. The summed E-state index contributed by atoms with van der Waals surface area (Å²) in [5, 5.41) is 8.87. The van der Waals surface area contributed by atoms with Crippen LogP contribution >= 0.6 is 0 Å². The minimum absolute atomic E-state index is 0.136. The van der Waals surface area contributed by atoms with E-state index in [9.17, 15) is 9.18 Å². The molecule has 0 radical (unpaired) electrons. The Hall–Kier alpha value is -2.71. The van der Waals surface area contributed by atoms with E-state index in [0.29, 0.717) is 25.1 Å². The molecule has 4 nitrogen and oxygen atoms in total. The van der Waals surface area contributed by atoms with Crippen molar-refractivity contribution in [2.24, 2.45) is 5.92 Å². The molecule has 1 aliphatic heterocycles. The number of nitriles is 1. The average molecular weight is 365 g/mol. The van der Waals surface area contributed by atoms with Gasteiger partial charge in [0.2, 0.25) is 5.91 Å². The van der Waals surface area contributed by atoms with Crippen LogP contribution in [0.5, 0.6) is 0 Å². The van der Waals surface area contributed by atoms with Gasteiger partial charge in [0.15, 0.2) is 0 Å². The number of carbonyl (C=O) groups excluding carboxylic acids is 1. The molecule has 0 saturated carbocycles. The summed E-state index contributed by atoms with van der Waals surface area (Å²) in [6.45, 7) is 5.82. The SMILES string of the molecule is CC(Cc1cccc(F)c1)C(=O)N1CCN(Cc2ccc(C#N)cc2)CC1. The van der Waals surface area contributed by atoms with Crippen molar-refractivity contribution in [1.82, 2.24) is 9.80 Å². The van der Waals surface area contributed by atoms with Gasteiger partial charge >= 0.3 is 0 Å². The molecule has 1 atom stereocenters. The van der Waals surface area contributed by atoms with Gasteiger partial charge in [-0.15, -0.1) is 0 Å². The van der Waals surface area contributed by atoms with E-state index in [-0.39, 0.29) is 17.6 Å². The Morgan fingerprint density at radius 3 is 2.44 bits per heavy atom. The molecule has 1 heterocycles. The number of halogens is 1. The molecule has 1 saturated heterocycles. The summed E-state index contributed by atoms with van der Waals surface area (Å²) in [4.78, 5) is 16.9. The Balaban J connectivity index is 1.49. The Labute approximate surface area is 159 Å². The van der Waals surface area contributed by atoms with Gasteiger partial charge in [-0.2, -0.15) is 5.26 Å². The minimum atomic E-state index is -0.261. The fourth-order valence-electron chi connectivity index (χ4n) is 3.49. The fraction of sp³-hybridized carbons (Fsp3) is 0.364. The number of nitrogens with zero attached hydrogens (tertiary/aromatic N) is 3. The predicted octanol–water partition coefficient (Wildman–Crippen LogP) is 3.22. The van der Waals surface area contributed by atoms with E-state index in [4.69, 9.17) is 5.26 Å². The van der Waals surface area contributed by atoms with Crippen molar-refractivity contribution in [2.75, 3.05) is 26.2 Å².